The first-order valence-electron chi connectivity index (χ1n) is 9.17. The highest BCUT2D eigenvalue weighted by Gasteiger charge is 2.53. The second-order valence-corrected chi connectivity index (χ2v) is 7.84. The largest absolute Gasteiger partial charge is 0.459 e. The Morgan fingerprint density at radius 1 is 1.00 bits per heavy atom. The number of carbonyl (C=O) groups excluding carboxylic acids is 3. The van der Waals surface area contributed by atoms with Gasteiger partial charge in [0.05, 0.1) is 0 Å². The van der Waals surface area contributed by atoms with Crippen molar-refractivity contribution in [2.45, 2.75) is 38.3 Å². The number of hydrogen-bond donors (Lipinski definition) is 1. The third-order valence-electron chi connectivity index (χ3n) is 4.46. The van der Waals surface area contributed by atoms with E-state index in [4.69, 9.17) is 4.74 Å². The lowest BCUT2D eigenvalue weighted by atomic mass is 9.83. The van der Waals surface area contributed by atoms with Crippen molar-refractivity contribution in [3.63, 3.8) is 0 Å². The van der Waals surface area contributed by atoms with Crippen LogP contribution in [0.2, 0.25) is 0 Å². The van der Waals surface area contributed by atoms with E-state index >= 15 is 0 Å². The molecule has 0 spiro atoms. The Hall–Kier alpha value is -3.15. The van der Waals surface area contributed by atoms with Crippen LogP contribution in [0, 0.1) is 0 Å². The predicted molar refractivity (Wildman–Crippen MR) is 104 cm³/mol. The van der Waals surface area contributed by atoms with Crippen molar-refractivity contribution in [1.82, 2.24) is 10.2 Å². The molecule has 1 heterocycles. The fourth-order valence-electron chi connectivity index (χ4n) is 3.31. The molecule has 1 N–H and O–H groups in total. The van der Waals surface area contributed by atoms with Gasteiger partial charge in [-0.05, 0) is 31.9 Å². The van der Waals surface area contributed by atoms with Gasteiger partial charge in [-0.3, -0.25) is 14.5 Å². The van der Waals surface area contributed by atoms with Gasteiger partial charge in [-0.25, -0.2) is 4.79 Å². The summed E-state index contributed by atoms with van der Waals surface area (Å²) in [5.74, 6) is -1.09. The van der Waals surface area contributed by atoms with Gasteiger partial charge >= 0.3 is 12.0 Å². The number of nitrogens with one attached hydrogen (secondary N) is 1. The van der Waals surface area contributed by atoms with Gasteiger partial charge in [0.25, 0.3) is 5.91 Å². The van der Waals surface area contributed by atoms with E-state index in [1.54, 1.807) is 32.9 Å². The maximum absolute atomic E-state index is 13.4. The minimum Gasteiger partial charge on any atom is -0.459 e. The molecular formula is C22H24N2O4. The van der Waals surface area contributed by atoms with E-state index in [0.717, 1.165) is 10.5 Å². The fraction of sp³-hybridized carbons (Fsp3) is 0.318. The molecule has 3 amide bonds. The van der Waals surface area contributed by atoms with Gasteiger partial charge in [0.1, 0.15) is 12.1 Å². The zero-order valence-electron chi connectivity index (χ0n) is 16.3. The molecule has 2 aromatic rings. The lowest BCUT2D eigenvalue weighted by Gasteiger charge is -2.27. The Bertz CT molecular complexity index is 874. The molecule has 3 rings (SSSR count). The fourth-order valence-corrected chi connectivity index (χ4v) is 3.31. The van der Waals surface area contributed by atoms with E-state index in [1.165, 1.54) is 0 Å². The summed E-state index contributed by atoms with van der Waals surface area (Å²) >= 11 is 0. The third-order valence-corrected chi connectivity index (χ3v) is 4.46. The quantitative estimate of drug-likeness (QED) is 0.639. The number of nitrogens with zero attached hydrogens (tertiary/aromatic N) is 1. The van der Waals surface area contributed by atoms with Crippen LogP contribution in [0.3, 0.4) is 0 Å². The Kier molecular flexibility index (Phi) is 5.23. The first-order chi connectivity index (χ1) is 13.2. The van der Waals surface area contributed by atoms with Gasteiger partial charge in [-0.1, -0.05) is 60.7 Å². The average molecular weight is 380 g/mol. The van der Waals surface area contributed by atoms with Gasteiger partial charge in [0.15, 0.2) is 5.54 Å². The van der Waals surface area contributed by atoms with Gasteiger partial charge < -0.3 is 10.1 Å². The first kappa shape index (κ1) is 19.6. The Morgan fingerprint density at radius 2 is 1.57 bits per heavy atom. The molecular weight excluding hydrogens is 356 g/mol. The van der Waals surface area contributed by atoms with Crippen molar-refractivity contribution in [2.75, 3.05) is 6.54 Å². The van der Waals surface area contributed by atoms with E-state index in [0.29, 0.717) is 5.56 Å². The lowest BCUT2D eigenvalue weighted by Crippen LogP contribution is -2.46. The Balaban J connectivity index is 1.94. The van der Waals surface area contributed by atoms with Crippen LogP contribution < -0.4 is 5.32 Å². The molecule has 0 radical (unpaired) electrons. The van der Waals surface area contributed by atoms with Crippen LogP contribution in [0.5, 0.6) is 0 Å². The maximum Gasteiger partial charge on any atom is 0.326 e. The van der Waals surface area contributed by atoms with E-state index in [1.807, 2.05) is 48.5 Å². The van der Waals surface area contributed by atoms with Crippen LogP contribution in [0.25, 0.3) is 0 Å². The summed E-state index contributed by atoms with van der Waals surface area (Å²) < 4.78 is 5.28. The van der Waals surface area contributed by atoms with Gasteiger partial charge in [-0.15, -0.1) is 0 Å². The highest BCUT2D eigenvalue weighted by molar-refractivity contribution is 6.09. The van der Waals surface area contributed by atoms with Crippen LogP contribution in [-0.2, 0) is 26.3 Å². The molecule has 0 bridgehead atoms. The van der Waals surface area contributed by atoms with Crippen molar-refractivity contribution >= 4 is 17.9 Å². The minimum atomic E-state index is -1.26. The zero-order chi connectivity index (χ0) is 20.4. The van der Waals surface area contributed by atoms with Crippen LogP contribution in [0.4, 0.5) is 4.79 Å². The van der Waals surface area contributed by atoms with Crippen molar-refractivity contribution in [2.24, 2.45) is 0 Å². The van der Waals surface area contributed by atoms with Gasteiger partial charge in [0.2, 0.25) is 0 Å². The number of imide groups is 1. The Labute approximate surface area is 164 Å². The van der Waals surface area contributed by atoms with E-state index < -0.39 is 35.6 Å². The molecule has 1 atom stereocenters. The summed E-state index contributed by atoms with van der Waals surface area (Å²) in [6.07, 6.45) is 0.285. The zero-order valence-corrected chi connectivity index (χ0v) is 16.3. The second-order valence-electron chi connectivity index (χ2n) is 7.84. The molecule has 146 valence electrons. The molecule has 0 saturated carbocycles. The monoisotopic (exact) mass is 380 g/mol. The number of rotatable bonds is 5. The van der Waals surface area contributed by atoms with E-state index in [9.17, 15) is 14.4 Å². The number of ether oxygens (including phenoxy) is 1. The van der Waals surface area contributed by atoms with Gasteiger partial charge in [0, 0.05) is 6.42 Å². The molecule has 6 nitrogen and oxygen atoms in total. The van der Waals surface area contributed by atoms with Crippen LogP contribution in [0.1, 0.15) is 31.9 Å². The third kappa shape index (κ3) is 4.06. The Morgan fingerprint density at radius 3 is 2.14 bits per heavy atom. The molecule has 1 saturated heterocycles. The summed E-state index contributed by atoms with van der Waals surface area (Å²) in [5, 5.41) is 2.83. The number of carbonyl (C=O) groups is 3. The normalized spacial score (nSPS) is 19.5. The second kappa shape index (κ2) is 7.46. The highest BCUT2D eigenvalue weighted by Crippen LogP contribution is 2.33. The van der Waals surface area contributed by atoms with Crippen LogP contribution >= 0.6 is 0 Å². The predicted octanol–water partition coefficient (Wildman–Crippen LogP) is 3.02. The summed E-state index contributed by atoms with van der Waals surface area (Å²) in [7, 11) is 0. The highest BCUT2D eigenvalue weighted by atomic mass is 16.6. The van der Waals surface area contributed by atoms with Crippen LogP contribution in [0.15, 0.2) is 60.7 Å². The summed E-state index contributed by atoms with van der Waals surface area (Å²) in [4.78, 5) is 39.2. The summed E-state index contributed by atoms with van der Waals surface area (Å²) in [6, 6.07) is 18.0. The lowest BCUT2D eigenvalue weighted by molar-refractivity contribution is -0.157. The van der Waals surface area contributed by atoms with Crippen molar-refractivity contribution in [3.8, 4) is 0 Å². The molecule has 1 aliphatic rings. The van der Waals surface area contributed by atoms with Crippen molar-refractivity contribution in [1.29, 1.82) is 0 Å². The molecule has 1 aliphatic heterocycles. The number of hydrogen-bond acceptors (Lipinski definition) is 4. The molecule has 0 unspecified atom stereocenters. The molecule has 6 heteroatoms. The summed E-state index contributed by atoms with van der Waals surface area (Å²) in [6.45, 7) is 4.78. The molecule has 28 heavy (non-hydrogen) atoms. The minimum absolute atomic E-state index is 0.285. The maximum atomic E-state index is 13.4. The van der Waals surface area contributed by atoms with Gasteiger partial charge in [-0.2, -0.15) is 0 Å². The van der Waals surface area contributed by atoms with E-state index in [-0.39, 0.29) is 6.42 Å². The number of benzene rings is 2. The molecule has 2 aromatic carbocycles. The smallest absolute Gasteiger partial charge is 0.326 e. The average Bonchev–Trinajstić information content (AvgIpc) is 2.87. The standard InChI is InChI=1S/C22H24N2O4/c1-21(2,3)28-18(25)15-24-19(26)22(23-20(24)27,17-12-8-5-9-13-17)14-16-10-6-4-7-11-16/h4-13H,14-15H2,1-3H3,(H,23,27)/t22-/m0/s1. The molecule has 0 aliphatic carbocycles. The first-order valence-corrected chi connectivity index (χ1v) is 9.17. The molecule has 1 fully saturated rings. The SMILES string of the molecule is CC(C)(C)OC(=O)CN1C(=O)N[C@@](Cc2ccccc2)(c2ccccc2)C1=O. The molecule has 0 aromatic heterocycles. The van der Waals surface area contributed by atoms with E-state index in [2.05, 4.69) is 5.32 Å². The van der Waals surface area contributed by atoms with Crippen molar-refractivity contribution < 1.29 is 19.1 Å². The van der Waals surface area contributed by atoms with Crippen molar-refractivity contribution in [3.05, 3.63) is 71.8 Å². The number of amides is 3. The summed E-state index contributed by atoms with van der Waals surface area (Å²) in [5.41, 5.74) is -0.387. The number of esters is 1. The topological polar surface area (TPSA) is 75.7 Å². The van der Waals surface area contributed by atoms with Crippen LogP contribution in [-0.4, -0.2) is 35.0 Å². The number of urea groups is 1.